The van der Waals surface area contributed by atoms with Gasteiger partial charge in [0.05, 0.1) is 13.2 Å². The van der Waals surface area contributed by atoms with E-state index in [-0.39, 0.29) is 18.6 Å². The van der Waals surface area contributed by atoms with Gasteiger partial charge < -0.3 is 19.1 Å². The van der Waals surface area contributed by atoms with Crippen molar-refractivity contribution >= 4 is 23.4 Å². The summed E-state index contributed by atoms with van der Waals surface area (Å²) in [6.07, 6.45) is -0.563. The van der Waals surface area contributed by atoms with Gasteiger partial charge in [0, 0.05) is 26.0 Å². The van der Waals surface area contributed by atoms with Crippen LogP contribution in [0.2, 0.25) is 0 Å². The minimum absolute atomic E-state index is 0.0944. The number of carbonyl (C=O) groups is 4. The molecule has 1 saturated heterocycles. The van der Waals surface area contributed by atoms with Gasteiger partial charge >= 0.3 is 5.97 Å². The molecule has 1 amide bonds. The molecule has 2 heterocycles. The smallest absolute Gasteiger partial charge is 0.303 e. The van der Waals surface area contributed by atoms with Gasteiger partial charge in [-0.2, -0.15) is 0 Å². The van der Waals surface area contributed by atoms with Crippen LogP contribution >= 0.6 is 0 Å². The summed E-state index contributed by atoms with van der Waals surface area (Å²) in [5.41, 5.74) is -1.75. The Bertz CT molecular complexity index is 985. The number of esters is 1. The van der Waals surface area contributed by atoms with Gasteiger partial charge in [-0.15, -0.1) is 0 Å². The van der Waals surface area contributed by atoms with E-state index >= 15 is 0 Å². The van der Waals surface area contributed by atoms with Crippen LogP contribution in [0.5, 0.6) is 11.5 Å². The van der Waals surface area contributed by atoms with Crippen molar-refractivity contribution in [3.63, 3.8) is 0 Å². The minimum atomic E-state index is -1.67. The quantitative estimate of drug-likeness (QED) is 0.534. The van der Waals surface area contributed by atoms with Crippen molar-refractivity contribution in [2.24, 2.45) is 0 Å². The first-order chi connectivity index (χ1) is 13.3. The van der Waals surface area contributed by atoms with E-state index in [1.807, 2.05) is 6.07 Å². The van der Waals surface area contributed by atoms with Gasteiger partial charge in [-0.05, 0) is 24.5 Å². The molecule has 4 atom stereocenters. The van der Waals surface area contributed by atoms with Crippen molar-refractivity contribution in [2.45, 2.75) is 49.3 Å². The molecular formula is C20H19NO7. The number of methoxy groups -OCH3 is 1. The molecule has 28 heavy (non-hydrogen) atoms. The molecule has 2 aliphatic carbocycles. The Kier molecular flexibility index (Phi) is 3.15. The molecule has 0 radical (unpaired) electrons. The van der Waals surface area contributed by atoms with E-state index in [4.69, 9.17) is 14.2 Å². The molecule has 0 unspecified atom stereocenters. The van der Waals surface area contributed by atoms with Gasteiger partial charge in [0.2, 0.25) is 5.78 Å². The first-order valence-electron chi connectivity index (χ1n) is 9.20. The van der Waals surface area contributed by atoms with Crippen LogP contribution in [-0.4, -0.2) is 60.2 Å². The van der Waals surface area contributed by atoms with Crippen molar-refractivity contribution < 1.29 is 33.4 Å². The third-order valence-corrected chi connectivity index (χ3v) is 6.77. The summed E-state index contributed by atoms with van der Waals surface area (Å²) >= 11 is 0. The first-order valence-corrected chi connectivity index (χ1v) is 9.20. The van der Waals surface area contributed by atoms with Crippen LogP contribution in [-0.2, 0) is 35.8 Å². The summed E-state index contributed by atoms with van der Waals surface area (Å²) < 4.78 is 17.3. The highest BCUT2D eigenvalue weighted by Crippen LogP contribution is 2.65. The molecule has 8 heteroatoms. The predicted molar refractivity (Wildman–Crippen MR) is 93.1 cm³/mol. The molecule has 2 bridgehead atoms. The minimum Gasteiger partial charge on any atom is -0.493 e. The fraction of sp³-hybridized carbons (Fsp3) is 0.500. The number of hydrogen-bond donors (Lipinski definition) is 0. The number of nitrogens with zero attached hydrogens (tertiary/aromatic N) is 1. The maximum atomic E-state index is 13.6. The van der Waals surface area contributed by atoms with Gasteiger partial charge in [0.25, 0.3) is 5.91 Å². The van der Waals surface area contributed by atoms with Crippen molar-refractivity contribution in [2.75, 3.05) is 14.2 Å². The molecular weight excluding hydrogens is 366 g/mol. The molecule has 146 valence electrons. The molecule has 1 aromatic carbocycles. The van der Waals surface area contributed by atoms with E-state index in [0.717, 1.165) is 5.56 Å². The fourth-order valence-electron chi connectivity index (χ4n) is 5.80. The van der Waals surface area contributed by atoms with Crippen LogP contribution < -0.4 is 9.47 Å². The number of carbonyl (C=O) groups excluding carboxylic acids is 4. The molecule has 1 spiro atoms. The molecule has 8 nitrogen and oxygen atoms in total. The molecule has 5 rings (SSSR count). The van der Waals surface area contributed by atoms with Crippen molar-refractivity contribution in [1.29, 1.82) is 0 Å². The van der Waals surface area contributed by atoms with Crippen molar-refractivity contribution in [3.05, 3.63) is 23.3 Å². The Morgan fingerprint density at radius 2 is 2.04 bits per heavy atom. The van der Waals surface area contributed by atoms with Crippen molar-refractivity contribution in [3.8, 4) is 11.5 Å². The lowest BCUT2D eigenvalue weighted by molar-refractivity contribution is -0.211. The Hall–Kier alpha value is -2.90. The number of hydrogen-bond acceptors (Lipinski definition) is 7. The van der Waals surface area contributed by atoms with Crippen molar-refractivity contribution in [1.82, 2.24) is 4.90 Å². The zero-order chi connectivity index (χ0) is 20.0. The molecule has 2 fully saturated rings. The van der Waals surface area contributed by atoms with E-state index in [2.05, 4.69) is 0 Å². The average Bonchev–Trinajstić information content (AvgIpc) is 3.04. The van der Waals surface area contributed by atoms with Gasteiger partial charge in [-0.3, -0.25) is 19.2 Å². The van der Waals surface area contributed by atoms with Gasteiger partial charge in [-0.25, -0.2) is 0 Å². The van der Waals surface area contributed by atoms with E-state index in [0.29, 0.717) is 23.5 Å². The number of ether oxygens (including phenoxy) is 3. The molecule has 1 saturated carbocycles. The van der Waals surface area contributed by atoms with Gasteiger partial charge in [0.1, 0.15) is 0 Å². The van der Waals surface area contributed by atoms with Crippen LogP contribution in [0.25, 0.3) is 0 Å². The third kappa shape index (κ3) is 1.60. The number of likely N-dealkylation sites (N-methyl/N-ethyl adjacent to an activating group) is 1. The number of rotatable bonds is 2. The van der Waals surface area contributed by atoms with Crippen LogP contribution in [0, 0.1) is 0 Å². The Labute approximate surface area is 160 Å². The SMILES string of the molecule is COc1ccc2c3c1O[C@H]1C(=O)CC[C@@]4(OC(C)=O)[C@@H](C2)N(C)C(=O)C(=O)[C@]314. The summed E-state index contributed by atoms with van der Waals surface area (Å²) in [6.45, 7) is 1.27. The van der Waals surface area contributed by atoms with E-state index in [1.54, 1.807) is 13.1 Å². The van der Waals surface area contributed by atoms with Crippen LogP contribution in [0.15, 0.2) is 12.1 Å². The molecule has 2 aliphatic heterocycles. The highest BCUT2D eigenvalue weighted by molar-refractivity contribution is 6.42. The summed E-state index contributed by atoms with van der Waals surface area (Å²) in [5, 5.41) is 0. The second-order valence-corrected chi connectivity index (χ2v) is 7.85. The molecule has 1 aromatic rings. The van der Waals surface area contributed by atoms with E-state index in [9.17, 15) is 19.2 Å². The lowest BCUT2D eigenvalue weighted by Gasteiger charge is -2.61. The fourth-order valence-corrected chi connectivity index (χ4v) is 5.80. The molecule has 0 aromatic heterocycles. The molecule has 0 N–H and O–H groups in total. The van der Waals surface area contributed by atoms with Crippen LogP contribution in [0.4, 0.5) is 0 Å². The maximum Gasteiger partial charge on any atom is 0.303 e. The first kappa shape index (κ1) is 17.2. The number of benzene rings is 1. The second kappa shape index (κ2) is 5.12. The number of amides is 1. The molecule has 4 aliphatic rings. The summed E-state index contributed by atoms with van der Waals surface area (Å²) in [5.74, 6) is -1.63. The third-order valence-electron chi connectivity index (χ3n) is 6.77. The number of piperidine rings is 1. The number of likely N-dealkylation sites (tertiary alicyclic amines) is 1. The van der Waals surface area contributed by atoms with Crippen LogP contribution in [0.3, 0.4) is 0 Å². The van der Waals surface area contributed by atoms with Gasteiger partial charge in [-0.1, -0.05) is 6.07 Å². The topological polar surface area (TPSA) is 99.2 Å². The van der Waals surface area contributed by atoms with Crippen LogP contribution in [0.1, 0.15) is 30.9 Å². The van der Waals surface area contributed by atoms with E-state index in [1.165, 1.54) is 18.9 Å². The summed E-state index contributed by atoms with van der Waals surface area (Å²) in [6, 6.07) is 2.99. The lowest BCUT2D eigenvalue weighted by Crippen LogP contribution is -2.82. The summed E-state index contributed by atoms with van der Waals surface area (Å²) in [7, 11) is 3.01. The summed E-state index contributed by atoms with van der Waals surface area (Å²) in [4.78, 5) is 52.9. The normalized spacial score (nSPS) is 34.7. The predicted octanol–water partition coefficient (Wildman–Crippen LogP) is 0.325. The maximum absolute atomic E-state index is 13.6. The second-order valence-electron chi connectivity index (χ2n) is 7.85. The standard InChI is InChI=1S/C20H19NO7/c1-9(22)28-19-7-6-11(23)17-20(19)14-10(4-5-12(26-3)15(14)27-17)8-13(19)21(2)18(25)16(20)24/h4-5,13,17H,6-8H2,1-3H3/t13-,17+,19-,20-/m1/s1. The number of ketones is 2. The van der Waals surface area contributed by atoms with E-state index < -0.39 is 40.8 Å². The average molecular weight is 385 g/mol. The Balaban J connectivity index is 1.93. The largest absolute Gasteiger partial charge is 0.493 e. The number of Topliss-reactive ketones (excluding diaryl/α,β-unsaturated/α-hetero) is 2. The zero-order valence-corrected chi connectivity index (χ0v) is 15.7. The highest BCUT2D eigenvalue weighted by atomic mass is 16.6. The highest BCUT2D eigenvalue weighted by Gasteiger charge is 2.81. The Morgan fingerprint density at radius 1 is 1.29 bits per heavy atom. The lowest BCUT2D eigenvalue weighted by atomic mass is 9.48. The monoisotopic (exact) mass is 385 g/mol. The zero-order valence-electron chi connectivity index (χ0n) is 15.7. The Morgan fingerprint density at radius 3 is 2.71 bits per heavy atom. The van der Waals surface area contributed by atoms with Gasteiger partial charge in [0.15, 0.2) is 34.4 Å².